The molecule has 1 aromatic carbocycles. The second-order valence-electron chi connectivity index (χ2n) is 3.35. The van der Waals surface area contributed by atoms with E-state index >= 15 is 0 Å². The maximum atomic E-state index is 11.9. The number of rotatable bonds is 3. The lowest BCUT2D eigenvalue weighted by Crippen LogP contribution is -2.23. The molecular weight excluding hydrogens is 224 g/mol. The molecule has 2 rings (SSSR count). The van der Waals surface area contributed by atoms with E-state index in [1.807, 2.05) is 6.07 Å². The molecule has 0 aliphatic heterocycles. The third-order valence-electron chi connectivity index (χ3n) is 2.26. The highest BCUT2D eigenvalue weighted by Gasteiger charge is 2.15. The van der Waals surface area contributed by atoms with Gasteiger partial charge in [0, 0.05) is 29.7 Å². The monoisotopic (exact) mass is 236 g/mol. The zero-order valence-corrected chi connectivity index (χ0v) is 9.66. The van der Waals surface area contributed by atoms with Crippen LogP contribution in [0.1, 0.15) is 6.92 Å². The number of nitrogens with zero attached hydrogens (tertiary/aromatic N) is 1. The van der Waals surface area contributed by atoms with Gasteiger partial charge in [-0.05, 0) is 12.1 Å². The SMILES string of the molecule is CCNS(=O)(=O)c1cccc2cnccc12. The van der Waals surface area contributed by atoms with Gasteiger partial charge in [0.1, 0.15) is 0 Å². The van der Waals surface area contributed by atoms with Gasteiger partial charge in [-0.2, -0.15) is 0 Å². The molecule has 0 radical (unpaired) electrons. The van der Waals surface area contributed by atoms with E-state index in [1.54, 1.807) is 37.5 Å². The van der Waals surface area contributed by atoms with Crippen LogP contribution in [0.15, 0.2) is 41.6 Å². The molecule has 1 N–H and O–H groups in total. The average molecular weight is 236 g/mol. The lowest BCUT2D eigenvalue weighted by Gasteiger charge is -2.07. The Bertz CT molecular complexity index is 603. The lowest BCUT2D eigenvalue weighted by atomic mass is 10.2. The van der Waals surface area contributed by atoms with Crippen LogP contribution >= 0.6 is 0 Å². The predicted octanol–water partition coefficient (Wildman–Crippen LogP) is 1.53. The smallest absolute Gasteiger partial charge is 0.241 e. The summed E-state index contributed by atoms with van der Waals surface area (Å²) in [5, 5.41) is 1.51. The standard InChI is InChI=1S/C11H12N2O2S/c1-2-13-16(14,15)11-5-3-4-9-8-12-7-6-10(9)11/h3-8,13H,2H2,1H3. The van der Waals surface area contributed by atoms with E-state index in [9.17, 15) is 8.42 Å². The van der Waals surface area contributed by atoms with E-state index in [1.165, 1.54) is 0 Å². The van der Waals surface area contributed by atoms with Gasteiger partial charge in [0.05, 0.1) is 4.90 Å². The number of hydrogen-bond donors (Lipinski definition) is 1. The second-order valence-corrected chi connectivity index (χ2v) is 5.09. The summed E-state index contributed by atoms with van der Waals surface area (Å²) in [7, 11) is -3.41. The van der Waals surface area contributed by atoms with Crippen molar-refractivity contribution in [3.05, 3.63) is 36.7 Å². The zero-order valence-electron chi connectivity index (χ0n) is 8.84. The van der Waals surface area contributed by atoms with Gasteiger partial charge in [-0.15, -0.1) is 0 Å². The van der Waals surface area contributed by atoms with Crippen molar-refractivity contribution in [3.8, 4) is 0 Å². The number of hydrogen-bond acceptors (Lipinski definition) is 3. The summed E-state index contributed by atoms with van der Waals surface area (Å²) < 4.78 is 26.3. The lowest BCUT2D eigenvalue weighted by molar-refractivity contribution is 0.585. The number of sulfonamides is 1. The molecule has 84 valence electrons. The quantitative estimate of drug-likeness (QED) is 0.879. The van der Waals surface area contributed by atoms with Gasteiger partial charge in [-0.3, -0.25) is 4.98 Å². The molecule has 4 nitrogen and oxygen atoms in total. The van der Waals surface area contributed by atoms with Crippen molar-refractivity contribution in [1.82, 2.24) is 9.71 Å². The van der Waals surface area contributed by atoms with E-state index < -0.39 is 10.0 Å². The fourth-order valence-corrected chi connectivity index (χ4v) is 2.86. The molecule has 1 aromatic heterocycles. The Hall–Kier alpha value is -1.46. The summed E-state index contributed by atoms with van der Waals surface area (Å²) in [6, 6.07) is 6.86. The Morgan fingerprint density at radius 1 is 1.31 bits per heavy atom. The summed E-state index contributed by atoms with van der Waals surface area (Å²) in [5.74, 6) is 0. The first-order valence-electron chi connectivity index (χ1n) is 4.97. The minimum absolute atomic E-state index is 0.300. The Balaban J connectivity index is 2.70. The molecule has 0 atom stereocenters. The highest BCUT2D eigenvalue weighted by molar-refractivity contribution is 7.89. The normalized spacial score (nSPS) is 11.8. The van der Waals surface area contributed by atoms with Crippen molar-refractivity contribution < 1.29 is 8.42 Å². The van der Waals surface area contributed by atoms with Crippen LogP contribution < -0.4 is 4.72 Å². The zero-order chi connectivity index (χ0) is 11.6. The number of benzene rings is 1. The molecule has 0 saturated heterocycles. The minimum atomic E-state index is -3.41. The second kappa shape index (κ2) is 4.19. The number of nitrogens with one attached hydrogen (secondary N) is 1. The van der Waals surface area contributed by atoms with Crippen LogP contribution in [0.3, 0.4) is 0 Å². The summed E-state index contributed by atoms with van der Waals surface area (Å²) in [5.41, 5.74) is 0. The molecule has 2 aromatic rings. The first kappa shape index (κ1) is 11.0. The molecule has 0 aliphatic carbocycles. The molecule has 16 heavy (non-hydrogen) atoms. The summed E-state index contributed by atoms with van der Waals surface area (Å²) in [6.45, 7) is 2.13. The maximum Gasteiger partial charge on any atom is 0.241 e. The minimum Gasteiger partial charge on any atom is -0.264 e. The van der Waals surface area contributed by atoms with Crippen molar-refractivity contribution in [3.63, 3.8) is 0 Å². The molecular formula is C11H12N2O2S. The maximum absolute atomic E-state index is 11.9. The molecule has 0 unspecified atom stereocenters. The fraction of sp³-hybridized carbons (Fsp3) is 0.182. The van der Waals surface area contributed by atoms with Crippen LogP contribution in [0.5, 0.6) is 0 Å². The third kappa shape index (κ3) is 1.91. The Labute approximate surface area is 94.4 Å². The van der Waals surface area contributed by atoms with Gasteiger partial charge >= 0.3 is 0 Å². The van der Waals surface area contributed by atoms with Crippen molar-refractivity contribution in [2.24, 2.45) is 0 Å². The highest BCUT2D eigenvalue weighted by atomic mass is 32.2. The van der Waals surface area contributed by atoms with E-state index in [-0.39, 0.29) is 0 Å². The van der Waals surface area contributed by atoms with E-state index in [0.29, 0.717) is 16.8 Å². The first-order valence-corrected chi connectivity index (χ1v) is 6.46. The molecule has 1 heterocycles. The molecule has 0 bridgehead atoms. The summed E-state index contributed by atoms with van der Waals surface area (Å²) >= 11 is 0. The van der Waals surface area contributed by atoms with E-state index in [2.05, 4.69) is 9.71 Å². The molecule has 0 saturated carbocycles. The van der Waals surface area contributed by atoms with Crippen molar-refractivity contribution in [2.75, 3.05) is 6.54 Å². The molecule has 5 heteroatoms. The third-order valence-corrected chi connectivity index (χ3v) is 3.87. The number of aromatic nitrogens is 1. The number of pyridine rings is 1. The van der Waals surface area contributed by atoms with Gasteiger partial charge in [0.15, 0.2) is 0 Å². The highest BCUT2D eigenvalue weighted by Crippen LogP contribution is 2.21. The molecule has 0 spiro atoms. The summed E-state index contributed by atoms with van der Waals surface area (Å²) in [4.78, 5) is 4.27. The molecule has 0 amide bonds. The van der Waals surface area contributed by atoms with Gasteiger partial charge in [-0.25, -0.2) is 13.1 Å². The Morgan fingerprint density at radius 3 is 2.88 bits per heavy atom. The molecule has 0 fully saturated rings. The van der Waals surface area contributed by atoms with Crippen LogP contribution in [0, 0.1) is 0 Å². The molecule has 0 aliphatic rings. The van der Waals surface area contributed by atoms with Gasteiger partial charge in [0.2, 0.25) is 10.0 Å². The summed E-state index contributed by atoms with van der Waals surface area (Å²) in [6.07, 6.45) is 3.24. The van der Waals surface area contributed by atoms with E-state index in [0.717, 1.165) is 5.39 Å². The average Bonchev–Trinajstić information content (AvgIpc) is 2.28. The van der Waals surface area contributed by atoms with Gasteiger partial charge in [-0.1, -0.05) is 19.1 Å². The topological polar surface area (TPSA) is 59.1 Å². The van der Waals surface area contributed by atoms with Crippen LogP contribution in [-0.4, -0.2) is 19.9 Å². The largest absolute Gasteiger partial charge is 0.264 e. The first-order chi connectivity index (χ1) is 7.65. The van der Waals surface area contributed by atoms with Crippen LogP contribution in [0.25, 0.3) is 10.8 Å². The Morgan fingerprint density at radius 2 is 2.12 bits per heavy atom. The predicted molar refractivity (Wildman–Crippen MR) is 62.6 cm³/mol. The van der Waals surface area contributed by atoms with Crippen LogP contribution in [-0.2, 0) is 10.0 Å². The van der Waals surface area contributed by atoms with Gasteiger partial charge in [0.25, 0.3) is 0 Å². The van der Waals surface area contributed by atoms with Crippen LogP contribution in [0.4, 0.5) is 0 Å². The van der Waals surface area contributed by atoms with Crippen LogP contribution in [0.2, 0.25) is 0 Å². The number of fused-ring (bicyclic) bond motifs is 1. The van der Waals surface area contributed by atoms with E-state index in [4.69, 9.17) is 0 Å². The van der Waals surface area contributed by atoms with Crippen molar-refractivity contribution in [2.45, 2.75) is 11.8 Å². The van der Waals surface area contributed by atoms with Crippen molar-refractivity contribution >= 4 is 20.8 Å². The van der Waals surface area contributed by atoms with Crippen molar-refractivity contribution in [1.29, 1.82) is 0 Å². The van der Waals surface area contributed by atoms with Gasteiger partial charge < -0.3 is 0 Å². The Kier molecular flexibility index (Phi) is 2.89. The fourth-order valence-electron chi connectivity index (χ4n) is 1.59.